The quantitative estimate of drug-likeness (QED) is 0.177. The number of azo groups is 1. The van der Waals surface area contributed by atoms with Gasteiger partial charge in [-0.2, -0.15) is 20.1 Å². The molecule has 0 aliphatic heterocycles. The number of hydrogen-bond acceptors (Lipinski definition) is 7. The summed E-state index contributed by atoms with van der Waals surface area (Å²) in [5, 5.41) is 11.6. The second-order valence-corrected chi connectivity index (χ2v) is 8.53. The van der Waals surface area contributed by atoms with Crippen LogP contribution >= 0.6 is 34.8 Å². The Hall–Kier alpha value is -3.54. The van der Waals surface area contributed by atoms with Crippen LogP contribution in [0.5, 0.6) is 5.75 Å². The fraction of sp³-hybridized carbons (Fsp3) is 0.0870. The largest absolute Gasteiger partial charge is 0.573 e. The van der Waals surface area contributed by atoms with Gasteiger partial charge in [-0.3, -0.25) is 0 Å². The normalized spacial score (nSPS) is 11.6. The van der Waals surface area contributed by atoms with Gasteiger partial charge in [0.05, 0.1) is 17.1 Å². The summed E-state index contributed by atoms with van der Waals surface area (Å²) in [5.41, 5.74) is 0.908. The summed E-state index contributed by atoms with van der Waals surface area (Å²) in [7, 11) is 0. The minimum Gasteiger partial charge on any atom is -0.406 e. The molecule has 1 heterocycles. The number of alkyl halides is 3. The Morgan fingerprint density at radius 2 is 1.59 bits per heavy atom. The van der Waals surface area contributed by atoms with Gasteiger partial charge >= 0.3 is 6.36 Å². The molecule has 0 unspecified atom stereocenters. The SMILES string of the molecule is Fc1cccc(Cl)c1-c1nc(N=NCc2ccc(OC(F)(F)F)cc2)nc(Nc2cc(Cl)cc(Cl)c2)n1. The predicted octanol–water partition coefficient (Wildman–Crippen LogP) is 8.56. The minimum absolute atomic E-state index is 0.0135. The Bertz CT molecular complexity index is 1410. The Balaban J connectivity index is 1.62. The van der Waals surface area contributed by atoms with Crippen LogP contribution < -0.4 is 10.1 Å². The third kappa shape index (κ3) is 7.48. The van der Waals surface area contributed by atoms with Crippen molar-refractivity contribution in [3.8, 4) is 17.1 Å². The molecule has 0 spiro atoms. The molecule has 0 radical (unpaired) electrons. The van der Waals surface area contributed by atoms with Crippen LogP contribution in [0.4, 0.5) is 35.1 Å². The van der Waals surface area contributed by atoms with Gasteiger partial charge in [0.2, 0.25) is 5.95 Å². The number of nitrogens with one attached hydrogen (secondary N) is 1. The Morgan fingerprint density at radius 1 is 0.892 bits per heavy atom. The number of aromatic nitrogens is 3. The first-order valence-corrected chi connectivity index (χ1v) is 11.3. The summed E-state index contributed by atoms with van der Waals surface area (Å²) >= 11 is 18.3. The standard InChI is InChI=1S/C23H13Cl3F4N6O/c24-13-8-14(25)10-15(9-13)32-21-33-20(19-17(26)2-1-3-18(19)27)34-22(35-21)36-31-11-12-4-6-16(7-5-12)37-23(28,29)30/h1-10H,11H2,(H,32,33,34,35). The summed E-state index contributed by atoms with van der Waals surface area (Å²) in [6.07, 6.45) is -4.79. The van der Waals surface area contributed by atoms with Gasteiger partial charge in [0.25, 0.3) is 5.95 Å². The van der Waals surface area contributed by atoms with E-state index >= 15 is 0 Å². The van der Waals surface area contributed by atoms with Gasteiger partial charge in [0.15, 0.2) is 5.82 Å². The molecule has 7 nitrogen and oxygen atoms in total. The number of hydrogen-bond donors (Lipinski definition) is 1. The maximum absolute atomic E-state index is 14.6. The maximum atomic E-state index is 14.6. The van der Waals surface area contributed by atoms with Gasteiger partial charge in [-0.05, 0) is 48.0 Å². The summed E-state index contributed by atoms with van der Waals surface area (Å²) in [4.78, 5) is 12.5. The van der Waals surface area contributed by atoms with Crippen molar-refractivity contribution in [1.29, 1.82) is 0 Å². The summed E-state index contributed by atoms with van der Waals surface area (Å²) in [6, 6.07) is 13.9. The molecule has 4 aromatic rings. The number of rotatable bonds is 7. The third-order valence-electron chi connectivity index (χ3n) is 4.50. The van der Waals surface area contributed by atoms with Crippen LogP contribution in [0.1, 0.15) is 5.56 Å². The highest BCUT2D eigenvalue weighted by Gasteiger charge is 2.30. The molecule has 4 rings (SSSR count). The summed E-state index contributed by atoms with van der Waals surface area (Å²) in [6.45, 7) is -0.0135. The molecule has 14 heteroatoms. The first kappa shape index (κ1) is 26.5. The van der Waals surface area contributed by atoms with Crippen molar-refractivity contribution < 1.29 is 22.3 Å². The van der Waals surface area contributed by atoms with Crippen molar-refractivity contribution in [2.45, 2.75) is 12.9 Å². The van der Waals surface area contributed by atoms with Gasteiger partial charge < -0.3 is 10.1 Å². The first-order valence-electron chi connectivity index (χ1n) is 10.2. The molecule has 3 aromatic carbocycles. The van der Waals surface area contributed by atoms with E-state index in [1.807, 2.05) is 0 Å². The molecule has 0 atom stereocenters. The van der Waals surface area contributed by atoms with E-state index in [1.165, 1.54) is 36.4 Å². The van der Waals surface area contributed by atoms with E-state index in [0.717, 1.165) is 12.1 Å². The molecule has 1 N–H and O–H groups in total. The van der Waals surface area contributed by atoms with E-state index < -0.39 is 12.2 Å². The molecule has 0 bridgehead atoms. The zero-order valence-electron chi connectivity index (χ0n) is 18.3. The highest BCUT2D eigenvalue weighted by Crippen LogP contribution is 2.31. The van der Waals surface area contributed by atoms with Crippen LogP contribution in [-0.2, 0) is 6.54 Å². The highest BCUT2D eigenvalue weighted by molar-refractivity contribution is 6.35. The van der Waals surface area contributed by atoms with Crippen LogP contribution in [0.3, 0.4) is 0 Å². The fourth-order valence-electron chi connectivity index (χ4n) is 3.02. The monoisotopic (exact) mass is 570 g/mol. The first-order chi connectivity index (χ1) is 17.6. The molecule has 190 valence electrons. The van der Waals surface area contributed by atoms with Crippen molar-refractivity contribution in [1.82, 2.24) is 15.0 Å². The topological polar surface area (TPSA) is 84.7 Å². The van der Waals surface area contributed by atoms with Gasteiger partial charge in [0, 0.05) is 15.7 Å². The Labute approximate surface area is 222 Å². The molecule has 37 heavy (non-hydrogen) atoms. The fourth-order valence-corrected chi connectivity index (χ4v) is 3.79. The Morgan fingerprint density at radius 3 is 2.24 bits per heavy atom. The van der Waals surface area contributed by atoms with Crippen LogP contribution in [0, 0.1) is 5.82 Å². The highest BCUT2D eigenvalue weighted by atomic mass is 35.5. The van der Waals surface area contributed by atoms with Gasteiger partial charge in [-0.1, -0.05) is 53.0 Å². The predicted molar refractivity (Wildman–Crippen MR) is 131 cm³/mol. The van der Waals surface area contributed by atoms with Crippen LogP contribution in [-0.4, -0.2) is 21.3 Å². The molecule has 0 aliphatic carbocycles. The van der Waals surface area contributed by atoms with E-state index in [-0.39, 0.29) is 40.6 Å². The third-order valence-corrected chi connectivity index (χ3v) is 5.25. The molecule has 0 fully saturated rings. The molecule has 0 aliphatic rings. The molecular formula is C23H13Cl3F4N6O. The second kappa shape index (κ2) is 11.2. The van der Waals surface area contributed by atoms with Crippen molar-refractivity contribution in [3.63, 3.8) is 0 Å². The van der Waals surface area contributed by atoms with Crippen LogP contribution in [0.15, 0.2) is 70.9 Å². The second-order valence-electron chi connectivity index (χ2n) is 7.25. The van der Waals surface area contributed by atoms with E-state index in [4.69, 9.17) is 34.8 Å². The summed E-state index contributed by atoms with van der Waals surface area (Å²) in [5.74, 6) is -1.35. The van der Waals surface area contributed by atoms with Gasteiger partial charge in [0.1, 0.15) is 11.6 Å². The smallest absolute Gasteiger partial charge is 0.406 e. The van der Waals surface area contributed by atoms with Gasteiger partial charge in [-0.15, -0.1) is 18.3 Å². The number of nitrogens with zero attached hydrogens (tertiary/aromatic N) is 5. The van der Waals surface area contributed by atoms with Crippen molar-refractivity contribution >= 4 is 52.4 Å². The average molecular weight is 572 g/mol. The van der Waals surface area contributed by atoms with Crippen molar-refractivity contribution in [2.75, 3.05) is 5.32 Å². The summed E-state index contributed by atoms with van der Waals surface area (Å²) < 4.78 is 55.4. The van der Waals surface area contributed by atoms with Crippen molar-refractivity contribution in [3.05, 3.63) is 87.1 Å². The number of anilines is 2. The lowest BCUT2D eigenvalue weighted by Crippen LogP contribution is -2.16. The number of benzene rings is 3. The molecule has 0 saturated carbocycles. The van der Waals surface area contributed by atoms with E-state index in [0.29, 0.717) is 21.3 Å². The van der Waals surface area contributed by atoms with Crippen LogP contribution in [0.2, 0.25) is 15.1 Å². The van der Waals surface area contributed by atoms with Crippen molar-refractivity contribution in [2.24, 2.45) is 10.2 Å². The maximum Gasteiger partial charge on any atom is 0.573 e. The zero-order chi connectivity index (χ0) is 26.6. The van der Waals surface area contributed by atoms with E-state index in [9.17, 15) is 17.6 Å². The molecule has 0 amide bonds. The lowest BCUT2D eigenvalue weighted by Gasteiger charge is -2.09. The van der Waals surface area contributed by atoms with E-state index in [1.54, 1.807) is 12.1 Å². The lowest BCUT2D eigenvalue weighted by molar-refractivity contribution is -0.274. The molecule has 0 saturated heterocycles. The van der Waals surface area contributed by atoms with Crippen LogP contribution in [0.25, 0.3) is 11.4 Å². The molecule has 1 aromatic heterocycles. The van der Waals surface area contributed by atoms with Gasteiger partial charge in [-0.25, -0.2) is 4.39 Å². The average Bonchev–Trinajstić information content (AvgIpc) is 2.78. The van der Waals surface area contributed by atoms with E-state index in [2.05, 4.69) is 35.2 Å². The number of halogens is 7. The minimum atomic E-state index is -4.79. The molecular weight excluding hydrogens is 559 g/mol. The zero-order valence-corrected chi connectivity index (χ0v) is 20.5. The Kier molecular flexibility index (Phi) is 8.06. The lowest BCUT2D eigenvalue weighted by atomic mass is 10.2. The number of ether oxygens (including phenoxy) is 1.